The third-order valence-electron chi connectivity index (χ3n) is 3.25. The number of rotatable bonds is 10. The first-order chi connectivity index (χ1) is 10.4. The van der Waals surface area contributed by atoms with E-state index in [1.54, 1.807) is 0 Å². The lowest BCUT2D eigenvalue weighted by atomic mass is 10.2. The number of ether oxygens (including phenoxy) is 3. The van der Waals surface area contributed by atoms with Gasteiger partial charge in [0.25, 0.3) is 0 Å². The van der Waals surface area contributed by atoms with E-state index in [4.69, 9.17) is 19.0 Å². The molecular weight excluding hydrogens is 270 g/mol. The zero-order valence-electron chi connectivity index (χ0n) is 12.5. The number of para-hydroxylation sites is 1. The van der Waals surface area contributed by atoms with Gasteiger partial charge >= 0.3 is 0 Å². The molecule has 1 aliphatic rings. The Bertz CT molecular complexity index is 355. The number of hydrogen-bond acceptors (Lipinski definition) is 5. The molecule has 1 fully saturated rings. The molecule has 1 heterocycles. The van der Waals surface area contributed by atoms with Crippen LogP contribution in [0.25, 0.3) is 0 Å². The fourth-order valence-corrected chi connectivity index (χ4v) is 2.12. The summed E-state index contributed by atoms with van der Waals surface area (Å²) in [4.78, 5) is 5.50. The molecule has 1 aliphatic heterocycles. The third kappa shape index (κ3) is 7.43. The van der Waals surface area contributed by atoms with Crippen molar-refractivity contribution in [3.8, 4) is 5.75 Å². The maximum Gasteiger partial charge on any atom is 0.167 e. The van der Waals surface area contributed by atoms with Gasteiger partial charge in [-0.05, 0) is 25.0 Å². The SMILES string of the molecule is c1ccc(OCCOCCOCON2CCCCC2)cc1. The maximum absolute atomic E-state index is 5.52. The molecule has 0 aliphatic carbocycles. The van der Waals surface area contributed by atoms with Gasteiger partial charge in [0.05, 0.1) is 19.8 Å². The Kier molecular flexibility index (Phi) is 8.17. The maximum atomic E-state index is 5.52. The molecule has 2 rings (SSSR count). The first kappa shape index (κ1) is 16.2. The molecule has 0 radical (unpaired) electrons. The van der Waals surface area contributed by atoms with Crippen LogP contribution in [0.4, 0.5) is 0 Å². The summed E-state index contributed by atoms with van der Waals surface area (Å²) in [5, 5.41) is 1.98. The summed E-state index contributed by atoms with van der Waals surface area (Å²) >= 11 is 0. The van der Waals surface area contributed by atoms with Gasteiger partial charge in [-0.2, -0.15) is 5.06 Å². The molecule has 0 atom stereocenters. The van der Waals surface area contributed by atoms with Crippen molar-refractivity contribution in [1.82, 2.24) is 5.06 Å². The summed E-state index contributed by atoms with van der Waals surface area (Å²) in [5.74, 6) is 0.868. The van der Waals surface area contributed by atoms with Crippen LogP contribution in [-0.2, 0) is 14.3 Å². The Morgan fingerprint density at radius 3 is 2.33 bits per heavy atom. The van der Waals surface area contributed by atoms with E-state index in [1.165, 1.54) is 19.3 Å². The molecule has 21 heavy (non-hydrogen) atoms. The van der Waals surface area contributed by atoms with Gasteiger partial charge in [0, 0.05) is 13.1 Å². The second-order valence-corrected chi connectivity index (χ2v) is 4.92. The highest BCUT2D eigenvalue weighted by Crippen LogP contribution is 2.08. The lowest BCUT2D eigenvalue weighted by Gasteiger charge is -2.25. The molecule has 0 aromatic heterocycles. The van der Waals surface area contributed by atoms with E-state index < -0.39 is 0 Å². The highest BCUT2D eigenvalue weighted by Gasteiger charge is 2.09. The van der Waals surface area contributed by atoms with Crippen LogP contribution in [0.2, 0.25) is 0 Å². The number of nitrogens with zero attached hydrogens (tertiary/aromatic N) is 1. The number of benzene rings is 1. The largest absolute Gasteiger partial charge is 0.491 e. The fourth-order valence-electron chi connectivity index (χ4n) is 2.12. The van der Waals surface area contributed by atoms with Gasteiger partial charge in [0.2, 0.25) is 0 Å². The van der Waals surface area contributed by atoms with Crippen molar-refractivity contribution in [3.63, 3.8) is 0 Å². The van der Waals surface area contributed by atoms with Gasteiger partial charge in [-0.15, -0.1) is 0 Å². The summed E-state index contributed by atoms with van der Waals surface area (Å²) in [6, 6.07) is 9.73. The van der Waals surface area contributed by atoms with Crippen molar-refractivity contribution in [1.29, 1.82) is 0 Å². The monoisotopic (exact) mass is 295 g/mol. The minimum atomic E-state index is 0.309. The minimum Gasteiger partial charge on any atom is -0.491 e. The van der Waals surface area contributed by atoms with Crippen LogP contribution in [0, 0.1) is 0 Å². The second kappa shape index (κ2) is 10.6. The Morgan fingerprint density at radius 1 is 0.810 bits per heavy atom. The Morgan fingerprint density at radius 2 is 1.52 bits per heavy atom. The number of piperidine rings is 1. The molecule has 0 bridgehead atoms. The van der Waals surface area contributed by atoms with Crippen LogP contribution in [0.15, 0.2) is 30.3 Å². The first-order valence-corrected chi connectivity index (χ1v) is 7.66. The van der Waals surface area contributed by atoms with E-state index in [9.17, 15) is 0 Å². The van der Waals surface area contributed by atoms with Crippen molar-refractivity contribution in [2.45, 2.75) is 19.3 Å². The molecule has 0 unspecified atom stereocenters. The Hall–Kier alpha value is -1.14. The summed E-state index contributed by atoms with van der Waals surface area (Å²) in [6.45, 7) is 4.54. The molecule has 5 heteroatoms. The predicted molar refractivity (Wildman–Crippen MR) is 80.1 cm³/mol. The fraction of sp³-hybridized carbons (Fsp3) is 0.625. The minimum absolute atomic E-state index is 0.309. The predicted octanol–water partition coefficient (Wildman–Crippen LogP) is 2.47. The van der Waals surface area contributed by atoms with Crippen LogP contribution in [0.5, 0.6) is 5.75 Å². The molecule has 0 saturated carbocycles. The Balaban J connectivity index is 1.35. The lowest BCUT2D eigenvalue weighted by molar-refractivity contribution is -0.232. The van der Waals surface area contributed by atoms with Crippen LogP contribution in [0.1, 0.15) is 19.3 Å². The summed E-state index contributed by atoms with van der Waals surface area (Å²) in [5.41, 5.74) is 0. The molecule has 1 saturated heterocycles. The smallest absolute Gasteiger partial charge is 0.167 e. The standard InChI is InChI=1S/C16H25NO4/c1-3-7-16(8-4-1)20-14-13-18-11-12-19-15-21-17-9-5-2-6-10-17/h1,3-4,7-8H,2,5-6,9-15H2. The van der Waals surface area contributed by atoms with Crippen molar-refractivity contribution < 1.29 is 19.0 Å². The zero-order chi connectivity index (χ0) is 14.6. The summed E-state index contributed by atoms with van der Waals surface area (Å²) in [6.07, 6.45) is 3.73. The molecule has 5 nitrogen and oxygen atoms in total. The third-order valence-corrected chi connectivity index (χ3v) is 3.25. The van der Waals surface area contributed by atoms with E-state index in [1.807, 2.05) is 35.4 Å². The molecular formula is C16H25NO4. The van der Waals surface area contributed by atoms with E-state index in [0.717, 1.165) is 18.8 Å². The topological polar surface area (TPSA) is 40.2 Å². The van der Waals surface area contributed by atoms with Crippen LogP contribution in [0.3, 0.4) is 0 Å². The van der Waals surface area contributed by atoms with Gasteiger partial charge in [-0.25, -0.2) is 0 Å². The highest BCUT2D eigenvalue weighted by molar-refractivity contribution is 5.20. The molecule has 0 amide bonds. The summed E-state index contributed by atoms with van der Waals surface area (Å²) < 4.78 is 16.3. The molecule has 0 N–H and O–H groups in total. The van der Waals surface area contributed by atoms with Gasteiger partial charge < -0.3 is 14.2 Å². The average Bonchev–Trinajstić information content (AvgIpc) is 2.55. The quantitative estimate of drug-likeness (QED) is 0.490. The van der Waals surface area contributed by atoms with Crippen molar-refractivity contribution in [3.05, 3.63) is 30.3 Å². The van der Waals surface area contributed by atoms with Gasteiger partial charge in [-0.1, -0.05) is 24.6 Å². The zero-order valence-corrected chi connectivity index (χ0v) is 12.5. The van der Waals surface area contributed by atoms with E-state index in [0.29, 0.717) is 33.2 Å². The highest BCUT2D eigenvalue weighted by atomic mass is 16.8. The number of hydrogen-bond donors (Lipinski definition) is 0. The molecule has 118 valence electrons. The number of hydroxylamine groups is 2. The van der Waals surface area contributed by atoms with Crippen LogP contribution in [-0.4, -0.2) is 51.4 Å². The van der Waals surface area contributed by atoms with Crippen LogP contribution < -0.4 is 4.74 Å². The van der Waals surface area contributed by atoms with Gasteiger partial charge in [0.15, 0.2) is 6.79 Å². The van der Waals surface area contributed by atoms with Crippen molar-refractivity contribution >= 4 is 0 Å². The lowest BCUT2D eigenvalue weighted by Crippen LogP contribution is -2.31. The van der Waals surface area contributed by atoms with Crippen molar-refractivity contribution in [2.75, 3.05) is 46.3 Å². The van der Waals surface area contributed by atoms with E-state index in [2.05, 4.69) is 0 Å². The second-order valence-electron chi connectivity index (χ2n) is 4.92. The van der Waals surface area contributed by atoms with Gasteiger partial charge in [0.1, 0.15) is 12.4 Å². The van der Waals surface area contributed by atoms with E-state index >= 15 is 0 Å². The normalized spacial score (nSPS) is 16.0. The Labute approximate surface area is 126 Å². The molecule has 1 aromatic rings. The average molecular weight is 295 g/mol. The summed E-state index contributed by atoms with van der Waals surface area (Å²) in [7, 11) is 0. The van der Waals surface area contributed by atoms with Crippen molar-refractivity contribution in [2.24, 2.45) is 0 Å². The van der Waals surface area contributed by atoms with E-state index in [-0.39, 0.29) is 0 Å². The molecule has 0 spiro atoms. The molecule has 1 aromatic carbocycles. The van der Waals surface area contributed by atoms with Gasteiger partial charge in [-0.3, -0.25) is 4.84 Å². The first-order valence-electron chi connectivity index (χ1n) is 7.66. The van der Waals surface area contributed by atoms with Crippen LogP contribution >= 0.6 is 0 Å².